The molecule has 0 aromatic carbocycles. The second-order valence-electron chi connectivity index (χ2n) is 3.79. The lowest BCUT2D eigenvalue weighted by atomic mass is 10.5. The highest BCUT2D eigenvalue weighted by Gasteiger charge is 2.26. The minimum absolute atomic E-state index is 0.361. The summed E-state index contributed by atoms with van der Waals surface area (Å²) in [5.41, 5.74) is 0.507. The Balaban J connectivity index is 2.82. The number of hydrogen-bond donors (Lipinski definition) is 2. The molecule has 0 bridgehead atoms. The van der Waals surface area contributed by atoms with Gasteiger partial charge in [0.05, 0.1) is 11.3 Å². The Kier molecular flexibility index (Phi) is 5.21. The van der Waals surface area contributed by atoms with Crippen LogP contribution < -0.4 is 4.72 Å². The Morgan fingerprint density at radius 2 is 2.00 bits per heavy atom. The number of carboxylic acids is 1. The first kappa shape index (κ1) is 17.0. The van der Waals surface area contributed by atoms with Gasteiger partial charge >= 0.3 is 5.97 Å². The molecule has 0 atom stereocenters. The van der Waals surface area contributed by atoms with Crippen LogP contribution in [0.25, 0.3) is 0 Å². The Hall–Kier alpha value is -1.08. The van der Waals surface area contributed by atoms with Crippen LogP contribution in [0.2, 0.25) is 0 Å². The van der Waals surface area contributed by atoms with Crippen molar-refractivity contribution in [3.8, 4) is 0 Å². The first-order chi connectivity index (χ1) is 9.08. The second-order valence-corrected chi connectivity index (χ2v) is 8.91. The number of rotatable bonds is 7. The van der Waals surface area contributed by atoms with Crippen molar-refractivity contribution in [3.05, 3.63) is 11.2 Å². The van der Waals surface area contributed by atoms with Gasteiger partial charge in [0.1, 0.15) is 0 Å². The molecule has 0 saturated carbocycles. The van der Waals surface area contributed by atoms with Crippen molar-refractivity contribution in [1.29, 1.82) is 0 Å². The number of hydrogen-bond acceptors (Lipinski definition) is 7. The van der Waals surface area contributed by atoms with E-state index in [1.807, 2.05) is 4.72 Å². The van der Waals surface area contributed by atoms with Crippen LogP contribution in [0.15, 0.2) is 9.72 Å². The number of thiazole rings is 1. The van der Waals surface area contributed by atoms with Crippen LogP contribution in [-0.2, 0) is 20.0 Å². The average Bonchev–Trinajstić information content (AvgIpc) is 2.77. The fourth-order valence-corrected chi connectivity index (χ4v) is 4.19. The third-order valence-electron chi connectivity index (χ3n) is 2.19. The molecule has 0 spiro atoms. The van der Waals surface area contributed by atoms with Gasteiger partial charge in [0, 0.05) is 20.6 Å². The maximum atomic E-state index is 11.9. The molecule has 1 aromatic heterocycles. The minimum Gasteiger partial charge on any atom is -0.476 e. The lowest BCUT2D eigenvalue weighted by Gasteiger charge is -2.11. The van der Waals surface area contributed by atoms with E-state index in [4.69, 9.17) is 5.11 Å². The maximum Gasteiger partial charge on any atom is 0.356 e. The molecule has 1 rings (SSSR count). The quantitative estimate of drug-likeness (QED) is 0.649. The van der Waals surface area contributed by atoms with E-state index in [0.29, 0.717) is 11.3 Å². The molecule has 20 heavy (non-hydrogen) atoms. The molecule has 12 heteroatoms. The number of nitrogens with zero attached hydrogens (tertiary/aromatic N) is 2. The predicted molar refractivity (Wildman–Crippen MR) is 71.7 cm³/mol. The molecule has 1 aromatic rings. The van der Waals surface area contributed by atoms with Gasteiger partial charge in [-0.05, 0) is 0 Å². The number of sulfonamides is 2. The Morgan fingerprint density at radius 3 is 2.50 bits per heavy atom. The zero-order valence-corrected chi connectivity index (χ0v) is 13.0. The summed E-state index contributed by atoms with van der Waals surface area (Å²) in [5.74, 6) is -1.90. The lowest BCUT2D eigenvalue weighted by molar-refractivity contribution is 0.0687. The summed E-state index contributed by atoms with van der Waals surface area (Å²) in [5, 5.41) is 8.79. The van der Waals surface area contributed by atoms with E-state index in [2.05, 4.69) is 4.98 Å². The van der Waals surface area contributed by atoms with Gasteiger partial charge < -0.3 is 5.11 Å². The first-order valence-corrected chi connectivity index (χ1v) is 9.12. The molecular weight excluding hydrogens is 330 g/mol. The van der Waals surface area contributed by atoms with Crippen LogP contribution >= 0.6 is 11.3 Å². The summed E-state index contributed by atoms with van der Waals surface area (Å²) < 4.78 is 49.2. The van der Waals surface area contributed by atoms with Gasteiger partial charge in [-0.1, -0.05) is 0 Å². The molecule has 9 nitrogen and oxygen atoms in total. The number of carboxylic acid groups (broad SMARTS) is 1. The van der Waals surface area contributed by atoms with Crippen LogP contribution in [0.5, 0.6) is 0 Å². The van der Waals surface area contributed by atoms with Gasteiger partial charge in [-0.2, -0.15) is 0 Å². The summed E-state index contributed by atoms with van der Waals surface area (Å²) in [6.45, 7) is -0.361. The van der Waals surface area contributed by atoms with Crippen molar-refractivity contribution < 1.29 is 26.7 Å². The van der Waals surface area contributed by atoms with Gasteiger partial charge in [-0.3, -0.25) is 0 Å². The molecule has 1 heterocycles. The summed E-state index contributed by atoms with van der Waals surface area (Å²) in [4.78, 5) is 14.2. The number of aromatic carboxylic acids is 1. The molecule has 2 N–H and O–H groups in total. The summed E-state index contributed by atoms with van der Waals surface area (Å²) >= 11 is 0.647. The molecular formula is C8H13N3O6S3. The molecule has 0 aliphatic rings. The predicted octanol–water partition coefficient (Wildman–Crippen LogP) is -0.989. The van der Waals surface area contributed by atoms with E-state index in [0.717, 1.165) is 9.82 Å². The van der Waals surface area contributed by atoms with Gasteiger partial charge in [0.15, 0.2) is 9.90 Å². The van der Waals surface area contributed by atoms with E-state index in [1.165, 1.54) is 14.1 Å². The van der Waals surface area contributed by atoms with Crippen LogP contribution in [0.1, 0.15) is 10.5 Å². The van der Waals surface area contributed by atoms with Crippen molar-refractivity contribution in [3.63, 3.8) is 0 Å². The Labute approximate surface area is 120 Å². The molecule has 0 saturated heterocycles. The van der Waals surface area contributed by atoms with Crippen LogP contribution in [0, 0.1) is 0 Å². The molecule has 0 radical (unpaired) electrons. The van der Waals surface area contributed by atoms with Crippen LogP contribution in [0.4, 0.5) is 0 Å². The second kappa shape index (κ2) is 6.13. The largest absolute Gasteiger partial charge is 0.476 e. The molecule has 114 valence electrons. The van der Waals surface area contributed by atoms with E-state index < -0.39 is 41.7 Å². The number of carbonyl (C=O) groups is 1. The molecule has 0 aliphatic heterocycles. The summed E-state index contributed by atoms with van der Waals surface area (Å²) in [6.07, 6.45) is 0. The van der Waals surface area contributed by atoms with Gasteiger partial charge in [-0.25, -0.2) is 35.6 Å². The third kappa shape index (κ3) is 3.96. The maximum absolute atomic E-state index is 11.9. The van der Waals surface area contributed by atoms with E-state index in [1.54, 1.807) is 0 Å². The zero-order chi connectivity index (χ0) is 15.6. The summed E-state index contributed by atoms with van der Waals surface area (Å²) in [7, 11) is -4.98. The smallest absolute Gasteiger partial charge is 0.356 e. The topological polar surface area (TPSA) is 134 Å². The fourth-order valence-electron chi connectivity index (χ4n) is 1.12. The molecule has 0 unspecified atom stereocenters. The summed E-state index contributed by atoms with van der Waals surface area (Å²) in [6, 6.07) is 0. The molecule has 0 fully saturated rings. The van der Waals surface area contributed by atoms with Crippen LogP contribution in [0.3, 0.4) is 0 Å². The normalized spacial score (nSPS) is 12.8. The van der Waals surface area contributed by atoms with E-state index in [9.17, 15) is 21.6 Å². The first-order valence-electron chi connectivity index (χ1n) is 5.14. The molecule has 0 amide bonds. The van der Waals surface area contributed by atoms with Gasteiger partial charge in [0.2, 0.25) is 10.0 Å². The minimum atomic E-state index is -4.10. The van der Waals surface area contributed by atoms with E-state index in [-0.39, 0.29) is 6.54 Å². The van der Waals surface area contributed by atoms with Gasteiger partial charge in [0.25, 0.3) is 10.0 Å². The average molecular weight is 343 g/mol. The highest BCUT2D eigenvalue weighted by atomic mass is 32.2. The zero-order valence-electron chi connectivity index (χ0n) is 10.6. The fraction of sp³-hybridized carbons (Fsp3) is 0.500. The lowest BCUT2D eigenvalue weighted by Crippen LogP contribution is -2.34. The van der Waals surface area contributed by atoms with Crippen molar-refractivity contribution in [1.82, 2.24) is 14.0 Å². The van der Waals surface area contributed by atoms with Crippen molar-refractivity contribution >= 4 is 37.4 Å². The third-order valence-corrected chi connectivity index (χ3v) is 6.85. The SMILES string of the molecule is CN(C)S(=O)(=O)CCNS(=O)(=O)c1scnc1C(=O)O. The number of nitrogens with one attached hydrogen (secondary N) is 1. The highest BCUT2D eigenvalue weighted by molar-refractivity contribution is 7.92. The van der Waals surface area contributed by atoms with Gasteiger partial charge in [-0.15, -0.1) is 11.3 Å². The standard InChI is InChI=1S/C8H13N3O6S3/c1-11(2)19(14,15)4-3-10-20(16,17)8-6(7(12)13)9-5-18-8/h5,10H,3-4H2,1-2H3,(H,12,13). The molecule has 0 aliphatic carbocycles. The van der Waals surface area contributed by atoms with Crippen LogP contribution in [-0.4, -0.2) is 63.6 Å². The number of aromatic nitrogens is 1. The Morgan fingerprint density at radius 1 is 1.40 bits per heavy atom. The van der Waals surface area contributed by atoms with Crippen molar-refractivity contribution in [2.45, 2.75) is 4.21 Å². The van der Waals surface area contributed by atoms with E-state index >= 15 is 0 Å². The Bertz CT molecular complexity index is 691. The van der Waals surface area contributed by atoms with Crippen molar-refractivity contribution in [2.24, 2.45) is 0 Å². The highest BCUT2D eigenvalue weighted by Crippen LogP contribution is 2.19. The van der Waals surface area contributed by atoms with Crippen molar-refractivity contribution in [2.75, 3.05) is 26.4 Å². The monoisotopic (exact) mass is 343 g/mol.